The van der Waals surface area contributed by atoms with Gasteiger partial charge in [0, 0.05) is 0 Å². The molecule has 0 heterocycles. The molecule has 2 bridgehead atoms. The monoisotopic (exact) mass is 253 g/mol. The van der Waals surface area contributed by atoms with Crippen LogP contribution in [0.4, 0.5) is 0 Å². The number of rotatable bonds is 2. The molecule has 2 saturated carbocycles. The quantitative estimate of drug-likeness (QED) is 0.762. The van der Waals surface area contributed by atoms with Crippen molar-refractivity contribution in [1.82, 2.24) is 0 Å². The summed E-state index contributed by atoms with van der Waals surface area (Å²) in [6.45, 7) is 6.56. The molecule has 1 heteroatoms. The zero-order valence-corrected chi connectivity index (χ0v) is 12.3. The number of hydrogen-bond acceptors (Lipinski definition) is 1. The van der Waals surface area contributed by atoms with E-state index in [2.05, 4.69) is 39.0 Å². The summed E-state index contributed by atoms with van der Waals surface area (Å²) in [5, 5.41) is 9.79. The van der Waals surface area contributed by atoms with Gasteiger partial charge in [-0.1, -0.05) is 24.1 Å². The number of nitrogens with zero attached hydrogens (tertiary/aromatic N) is 1. The summed E-state index contributed by atoms with van der Waals surface area (Å²) in [4.78, 5) is 0. The number of nitriles is 1. The largest absolute Gasteiger partial charge is 0.198 e. The third-order valence-corrected chi connectivity index (χ3v) is 5.53. The van der Waals surface area contributed by atoms with Crippen molar-refractivity contribution >= 4 is 0 Å². The Balaban J connectivity index is 1.95. The Bertz CT molecular complexity index is 528. The van der Waals surface area contributed by atoms with Gasteiger partial charge < -0.3 is 0 Å². The first-order valence-electron chi connectivity index (χ1n) is 7.52. The number of aryl methyl sites for hydroxylation is 3. The Hall–Kier alpha value is -1.29. The normalized spacial score (nSPS) is 32.5. The van der Waals surface area contributed by atoms with Crippen LogP contribution in [-0.2, 0) is 6.42 Å². The second-order valence-corrected chi connectivity index (χ2v) is 6.90. The smallest absolute Gasteiger partial charge is 0.0696 e. The van der Waals surface area contributed by atoms with Gasteiger partial charge in [0.15, 0.2) is 0 Å². The third-order valence-electron chi connectivity index (χ3n) is 5.53. The topological polar surface area (TPSA) is 23.8 Å². The van der Waals surface area contributed by atoms with Crippen LogP contribution in [0.2, 0.25) is 0 Å². The standard InChI is InChI=1S/C18H23N/c1-12-6-13(2)17(14(3)7-12)10-18(11-19)9-15-4-5-16(18)8-15/h6-7,15-16H,4-5,8-10H2,1-3H3. The predicted molar refractivity (Wildman–Crippen MR) is 77.9 cm³/mol. The summed E-state index contributed by atoms with van der Waals surface area (Å²) < 4.78 is 0. The molecule has 100 valence electrons. The zero-order valence-electron chi connectivity index (χ0n) is 12.3. The van der Waals surface area contributed by atoms with E-state index in [0.29, 0.717) is 5.92 Å². The lowest BCUT2D eigenvalue weighted by Gasteiger charge is -2.32. The van der Waals surface area contributed by atoms with E-state index in [-0.39, 0.29) is 5.41 Å². The zero-order chi connectivity index (χ0) is 13.6. The molecule has 3 rings (SSSR count). The average Bonchev–Trinajstić information content (AvgIpc) is 2.94. The van der Waals surface area contributed by atoms with Crippen LogP contribution in [0.15, 0.2) is 12.1 Å². The fourth-order valence-corrected chi connectivity index (χ4v) is 4.64. The van der Waals surface area contributed by atoms with Crippen molar-refractivity contribution in [2.45, 2.75) is 52.9 Å². The van der Waals surface area contributed by atoms with Gasteiger partial charge in [-0.25, -0.2) is 0 Å². The van der Waals surface area contributed by atoms with Gasteiger partial charge in [0.2, 0.25) is 0 Å². The van der Waals surface area contributed by atoms with E-state index in [4.69, 9.17) is 0 Å². The van der Waals surface area contributed by atoms with Gasteiger partial charge in [-0.15, -0.1) is 0 Å². The van der Waals surface area contributed by atoms with E-state index in [0.717, 1.165) is 18.8 Å². The molecule has 2 aliphatic carbocycles. The van der Waals surface area contributed by atoms with Crippen molar-refractivity contribution in [2.75, 3.05) is 0 Å². The number of benzene rings is 1. The third kappa shape index (κ3) is 1.98. The van der Waals surface area contributed by atoms with Crippen LogP contribution in [0.3, 0.4) is 0 Å². The van der Waals surface area contributed by atoms with Crippen molar-refractivity contribution in [3.8, 4) is 6.07 Å². The first-order valence-corrected chi connectivity index (χ1v) is 7.52. The van der Waals surface area contributed by atoms with Crippen molar-refractivity contribution < 1.29 is 0 Å². The summed E-state index contributed by atoms with van der Waals surface area (Å²) in [6, 6.07) is 7.26. The molecule has 19 heavy (non-hydrogen) atoms. The van der Waals surface area contributed by atoms with Crippen LogP contribution in [0, 0.1) is 49.4 Å². The van der Waals surface area contributed by atoms with E-state index in [1.54, 1.807) is 0 Å². The van der Waals surface area contributed by atoms with E-state index < -0.39 is 0 Å². The first-order chi connectivity index (χ1) is 9.04. The molecule has 0 aliphatic heterocycles. The van der Waals surface area contributed by atoms with E-state index in [1.165, 1.54) is 41.5 Å². The highest BCUT2D eigenvalue weighted by atomic mass is 14.6. The molecule has 0 aromatic heterocycles. The van der Waals surface area contributed by atoms with Crippen LogP contribution >= 0.6 is 0 Å². The molecule has 1 aromatic carbocycles. The molecule has 0 radical (unpaired) electrons. The minimum atomic E-state index is -0.0618. The maximum Gasteiger partial charge on any atom is 0.0696 e. The Morgan fingerprint density at radius 1 is 1.21 bits per heavy atom. The Morgan fingerprint density at radius 3 is 2.37 bits per heavy atom. The molecule has 0 spiro atoms. The average molecular weight is 253 g/mol. The van der Waals surface area contributed by atoms with Crippen molar-refractivity contribution in [1.29, 1.82) is 5.26 Å². The molecular formula is C18H23N. The Labute approximate surface area is 116 Å². The molecule has 3 unspecified atom stereocenters. The highest BCUT2D eigenvalue weighted by Gasteiger charge is 2.51. The van der Waals surface area contributed by atoms with E-state index in [1.807, 2.05) is 0 Å². The lowest BCUT2D eigenvalue weighted by molar-refractivity contribution is 0.238. The van der Waals surface area contributed by atoms with Gasteiger partial charge in [-0.2, -0.15) is 5.26 Å². The van der Waals surface area contributed by atoms with Crippen LogP contribution < -0.4 is 0 Å². The van der Waals surface area contributed by atoms with Gasteiger partial charge in [0.05, 0.1) is 11.5 Å². The fourth-order valence-electron chi connectivity index (χ4n) is 4.64. The minimum Gasteiger partial charge on any atom is -0.198 e. The van der Waals surface area contributed by atoms with Crippen LogP contribution in [0.1, 0.15) is 47.9 Å². The first kappa shape index (κ1) is 12.7. The van der Waals surface area contributed by atoms with Crippen LogP contribution in [0.25, 0.3) is 0 Å². The second-order valence-electron chi connectivity index (χ2n) is 6.90. The van der Waals surface area contributed by atoms with Gasteiger partial charge in [0.25, 0.3) is 0 Å². The van der Waals surface area contributed by atoms with Gasteiger partial charge in [0.1, 0.15) is 0 Å². The lowest BCUT2D eigenvalue weighted by Crippen LogP contribution is -2.29. The number of hydrogen-bond donors (Lipinski definition) is 0. The molecular weight excluding hydrogens is 230 g/mol. The highest BCUT2D eigenvalue weighted by Crippen LogP contribution is 2.57. The van der Waals surface area contributed by atoms with Gasteiger partial charge >= 0.3 is 0 Å². The maximum absolute atomic E-state index is 9.79. The summed E-state index contributed by atoms with van der Waals surface area (Å²) in [6.07, 6.45) is 6.06. The number of fused-ring (bicyclic) bond motifs is 2. The second kappa shape index (κ2) is 4.37. The molecule has 3 atom stereocenters. The van der Waals surface area contributed by atoms with Crippen molar-refractivity contribution in [2.24, 2.45) is 17.3 Å². The summed E-state index contributed by atoms with van der Waals surface area (Å²) >= 11 is 0. The van der Waals surface area contributed by atoms with Crippen LogP contribution in [-0.4, -0.2) is 0 Å². The molecule has 0 amide bonds. The molecule has 1 aromatic rings. The summed E-state index contributed by atoms with van der Waals surface area (Å²) in [5.41, 5.74) is 5.44. The molecule has 0 N–H and O–H groups in total. The fraction of sp³-hybridized carbons (Fsp3) is 0.611. The Kier molecular flexibility index (Phi) is 2.93. The van der Waals surface area contributed by atoms with Crippen molar-refractivity contribution in [3.05, 3.63) is 34.4 Å². The van der Waals surface area contributed by atoms with Crippen LogP contribution in [0.5, 0.6) is 0 Å². The lowest BCUT2D eigenvalue weighted by atomic mass is 9.69. The molecule has 2 fully saturated rings. The highest BCUT2D eigenvalue weighted by molar-refractivity contribution is 5.39. The molecule has 2 aliphatic rings. The maximum atomic E-state index is 9.79. The molecule has 1 nitrogen and oxygen atoms in total. The van der Waals surface area contributed by atoms with Gasteiger partial charge in [-0.3, -0.25) is 0 Å². The summed E-state index contributed by atoms with van der Waals surface area (Å²) in [7, 11) is 0. The SMILES string of the molecule is Cc1cc(C)c(CC2(C#N)CC3CCC2C3)c(C)c1. The Morgan fingerprint density at radius 2 is 1.89 bits per heavy atom. The van der Waals surface area contributed by atoms with E-state index >= 15 is 0 Å². The summed E-state index contributed by atoms with van der Waals surface area (Å²) in [5.74, 6) is 1.48. The van der Waals surface area contributed by atoms with E-state index in [9.17, 15) is 5.26 Å². The minimum absolute atomic E-state index is 0.0618. The predicted octanol–water partition coefficient (Wildman–Crippen LogP) is 4.48. The van der Waals surface area contributed by atoms with Crippen molar-refractivity contribution in [3.63, 3.8) is 0 Å². The van der Waals surface area contributed by atoms with Gasteiger partial charge in [-0.05, 0) is 75.0 Å². The molecule has 0 saturated heterocycles.